The molecule has 1 saturated carbocycles. The normalized spacial score (nSPS) is 29.7. The van der Waals surface area contributed by atoms with Crippen LogP contribution in [0, 0.1) is 17.8 Å². The van der Waals surface area contributed by atoms with Crippen molar-refractivity contribution in [2.75, 3.05) is 0 Å². The van der Waals surface area contributed by atoms with Gasteiger partial charge < -0.3 is 4.90 Å². The van der Waals surface area contributed by atoms with Crippen LogP contribution < -0.4 is 0 Å². The van der Waals surface area contributed by atoms with Gasteiger partial charge in [0, 0.05) is 18.1 Å². The molecule has 15 heavy (non-hydrogen) atoms. The topological polar surface area (TPSA) is 12.4 Å². The van der Waals surface area contributed by atoms with E-state index in [1.165, 1.54) is 37.8 Å². The van der Waals surface area contributed by atoms with E-state index >= 15 is 0 Å². The van der Waals surface area contributed by atoms with E-state index in [1.54, 1.807) is 0 Å². The minimum absolute atomic E-state index is 0.573. The average Bonchev–Trinajstić information content (AvgIpc) is 2.66. The molecule has 0 aromatic rings. The third-order valence-electron chi connectivity index (χ3n) is 3.55. The molecule has 0 bridgehead atoms. The van der Waals surface area contributed by atoms with Gasteiger partial charge in [0.2, 0.25) is 0 Å². The van der Waals surface area contributed by atoms with Crippen LogP contribution in [0.5, 0.6) is 0 Å². The van der Waals surface area contributed by atoms with Crippen LogP contribution in [-0.4, -0.2) is 13.1 Å². The van der Waals surface area contributed by atoms with Gasteiger partial charge in [0.1, 0.15) is 0 Å². The fraction of sp³-hybridized carbons (Fsp3) is 0.769. The lowest BCUT2D eigenvalue weighted by Crippen LogP contribution is -2.04. The molecule has 0 radical (unpaired) electrons. The van der Waals surface area contributed by atoms with Crippen molar-refractivity contribution in [3.8, 4) is 11.8 Å². The van der Waals surface area contributed by atoms with Crippen LogP contribution in [0.1, 0.15) is 51.9 Å². The Balaban J connectivity index is 1.82. The Bertz CT molecular complexity index is 291. The van der Waals surface area contributed by atoms with Crippen molar-refractivity contribution in [2.45, 2.75) is 57.7 Å². The maximum Gasteiger partial charge on any atom is 0.265 e. The number of nitrogens with zero attached hydrogens (tertiary/aromatic N) is 1. The van der Waals surface area contributed by atoms with E-state index in [-0.39, 0.29) is 0 Å². The zero-order valence-corrected chi connectivity index (χ0v) is 9.76. The molecule has 2 aliphatic carbocycles. The highest BCUT2D eigenvalue weighted by atomic mass is 14.6. The molecule has 0 spiro atoms. The lowest BCUT2D eigenvalue weighted by atomic mass is 9.75. The van der Waals surface area contributed by atoms with Gasteiger partial charge in [-0.3, -0.25) is 0 Å². The second-order valence-electron chi connectivity index (χ2n) is 5.00. The van der Waals surface area contributed by atoms with Crippen LogP contribution in [0.3, 0.4) is 0 Å². The van der Waals surface area contributed by atoms with Gasteiger partial charge in [-0.25, -0.2) is 0 Å². The standard InChI is InChI=1S/C13H20BN/c1-11-5-4-8-13(10-9-11)15-14-12-6-2-3-7-12/h11-12,14H,2-3,6-10H2,1H3/b15-13+. The molecule has 80 valence electrons. The van der Waals surface area contributed by atoms with E-state index in [9.17, 15) is 0 Å². The zero-order valence-electron chi connectivity index (χ0n) is 9.76. The first kappa shape index (κ1) is 10.8. The van der Waals surface area contributed by atoms with Crippen LogP contribution in [0.15, 0.2) is 4.90 Å². The largest absolute Gasteiger partial charge is 0.353 e. The first-order valence-electron chi connectivity index (χ1n) is 6.35. The van der Waals surface area contributed by atoms with Crippen LogP contribution in [0.2, 0.25) is 5.82 Å². The highest BCUT2D eigenvalue weighted by Gasteiger charge is 2.16. The molecular formula is C13H20BN. The van der Waals surface area contributed by atoms with E-state index in [0.29, 0.717) is 5.92 Å². The van der Waals surface area contributed by atoms with Crippen molar-refractivity contribution in [1.29, 1.82) is 0 Å². The summed E-state index contributed by atoms with van der Waals surface area (Å²) in [5.41, 5.74) is 1.36. The second-order valence-corrected chi connectivity index (χ2v) is 5.00. The summed E-state index contributed by atoms with van der Waals surface area (Å²) in [7, 11) is 1.07. The Kier molecular flexibility index (Phi) is 3.89. The van der Waals surface area contributed by atoms with Crippen LogP contribution in [0.4, 0.5) is 0 Å². The molecule has 1 nitrogen and oxygen atoms in total. The summed E-state index contributed by atoms with van der Waals surface area (Å²) in [4.78, 5) is 4.77. The average molecular weight is 201 g/mol. The Hall–Kier alpha value is -0.705. The summed E-state index contributed by atoms with van der Waals surface area (Å²) in [5, 5.41) is 0. The molecule has 0 heterocycles. The minimum atomic E-state index is 0.573. The van der Waals surface area contributed by atoms with Crippen molar-refractivity contribution in [3.05, 3.63) is 0 Å². The van der Waals surface area contributed by atoms with Crippen LogP contribution in [0.25, 0.3) is 0 Å². The monoisotopic (exact) mass is 201 g/mol. The maximum atomic E-state index is 4.77. The molecule has 1 atom stereocenters. The predicted molar refractivity (Wildman–Crippen MR) is 67.6 cm³/mol. The fourth-order valence-corrected chi connectivity index (χ4v) is 2.46. The van der Waals surface area contributed by atoms with Crippen molar-refractivity contribution in [2.24, 2.45) is 10.8 Å². The van der Waals surface area contributed by atoms with Crippen LogP contribution >= 0.6 is 0 Å². The van der Waals surface area contributed by atoms with Gasteiger partial charge >= 0.3 is 0 Å². The SMILES string of the molecule is CC1C#CC/C(=N\BC2CCCC2)CC1. The Labute approximate surface area is 94.0 Å². The molecule has 0 aliphatic heterocycles. The lowest BCUT2D eigenvalue weighted by molar-refractivity contribution is 0.695. The second kappa shape index (κ2) is 5.40. The van der Waals surface area contributed by atoms with Crippen molar-refractivity contribution >= 4 is 13.1 Å². The molecule has 2 rings (SSSR count). The highest BCUT2D eigenvalue weighted by molar-refractivity contribution is 6.38. The summed E-state index contributed by atoms with van der Waals surface area (Å²) in [6, 6.07) is 0. The Morgan fingerprint density at radius 3 is 2.87 bits per heavy atom. The molecule has 0 aromatic carbocycles. The van der Waals surface area contributed by atoms with E-state index in [2.05, 4.69) is 18.8 Å². The minimum Gasteiger partial charge on any atom is -0.353 e. The van der Waals surface area contributed by atoms with Gasteiger partial charge in [0.05, 0.1) is 0 Å². The molecule has 1 fully saturated rings. The van der Waals surface area contributed by atoms with Gasteiger partial charge in [0.15, 0.2) is 0 Å². The zero-order chi connectivity index (χ0) is 10.5. The predicted octanol–water partition coefficient (Wildman–Crippen LogP) is 2.96. The Morgan fingerprint density at radius 1 is 1.27 bits per heavy atom. The van der Waals surface area contributed by atoms with Gasteiger partial charge in [-0.1, -0.05) is 44.4 Å². The number of hydrogen-bond acceptors (Lipinski definition) is 1. The van der Waals surface area contributed by atoms with Gasteiger partial charge in [-0.15, -0.1) is 0 Å². The van der Waals surface area contributed by atoms with Crippen molar-refractivity contribution in [3.63, 3.8) is 0 Å². The molecule has 1 unspecified atom stereocenters. The summed E-state index contributed by atoms with van der Waals surface area (Å²) in [6.07, 6.45) is 8.94. The molecule has 2 aliphatic rings. The summed E-state index contributed by atoms with van der Waals surface area (Å²) < 4.78 is 0. The quantitative estimate of drug-likeness (QED) is 0.481. The summed E-state index contributed by atoms with van der Waals surface area (Å²) >= 11 is 0. The first-order chi connectivity index (χ1) is 7.34. The highest BCUT2D eigenvalue weighted by Crippen LogP contribution is 2.29. The fourth-order valence-electron chi connectivity index (χ4n) is 2.46. The molecule has 0 N–H and O–H groups in total. The Morgan fingerprint density at radius 2 is 2.07 bits per heavy atom. The van der Waals surface area contributed by atoms with E-state index in [1.807, 2.05) is 0 Å². The van der Waals surface area contributed by atoms with Gasteiger partial charge in [-0.2, -0.15) is 0 Å². The first-order valence-corrected chi connectivity index (χ1v) is 6.35. The molecule has 0 amide bonds. The maximum absolute atomic E-state index is 4.77. The van der Waals surface area contributed by atoms with Gasteiger partial charge in [0.25, 0.3) is 7.41 Å². The van der Waals surface area contributed by atoms with E-state index in [0.717, 1.165) is 26.1 Å². The number of hydrogen-bond donors (Lipinski definition) is 0. The number of rotatable bonds is 2. The smallest absolute Gasteiger partial charge is 0.265 e. The molecule has 2 heteroatoms. The molecule has 0 aromatic heterocycles. The summed E-state index contributed by atoms with van der Waals surface area (Å²) in [5.74, 6) is 7.97. The summed E-state index contributed by atoms with van der Waals surface area (Å²) in [6.45, 7) is 2.22. The van der Waals surface area contributed by atoms with Crippen LogP contribution in [-0.2, 0) is 0 Å². The molecule has 0 saturated heterocycles. The third-order valence-corrected chi connectivity index (χ3v) is 3.55. The third kappa shape index (κ3) is 3.41. The lowest BCUT2D eigenvalue weighted by Gasteiger charge is -2.05. The molecular weight excluding hydrogens is 181 g/mol. The van der Waals surface area contributed by atoms with Crippen molar-refractivity contribution < 1.29 is 0 Å². The van der Waals surface area contributed by atoms with Gasteiger partial charge in [-0.05, 0) is 18.7 Å². The van der Waals surface area contributed by atoms with E-state index < -0.39 is 0 Å². The van der Waals surface area contributed by atoms with E-state index in [4.69, 9.17) is 4.90 Å². The van der Waals surface area contributed by atoms with Crippen molar-refractivity contribution in [1.82, 2.24) is 0 Å².